The summed E-state index contributed by atoms with van der Waals surface area (Å²) >= 11 is 0. The molecule has 1 aliphatic rings. The summed E-state index contributed by atoms with van der Waals surface area (Å²) in [6, 6.07) is 2.16. The fourth-order valence-electron chi connectivity index (χ4n) is 3.39. The quantitative estimate of drug-likeness (QED) is 0.765. The molecule has 1 aromatic heterocycles. The molecule has 1 aliphatic carbocycles. The number of hydrogen-bond acceptors (Lipinski definition) is 2. The molecule has 0 unspecified atom stereocenters. The van der Waals surface area contributed by atoms with E-state index in [0.717, 1.165) is 6.54 Å². The van der Waals surface area contributed by atoms with Crippen molar-refractivity contribution in [3.8, 4) is 0 Å². The topological polar surface area (TPSA) is 29.9 Å². The summed E-state index contributed by atoms with van der Waals surface area (Å²) in [6.45, 7) is 4.61. The fourth-order valence-corrected chi connectivity index (χ4v) is 3.39. The lowest BCUT2D eigenvalue weighted by molar-refractivity contribution is 0.166. The summed E-state index contributed by atoms with van der Waals surface area (Å²) in [6.07, 6.45) is 12.7. The molecule has 0 radical (unpaired) electrons. The van der Waals surface area contributed by atoms with Gasteiger partial charge in [0.05, 0.1) is 0 Å². The third-order valence-electron chi connectivity index (χ3n) is 4.67. The number of nitrogens with zero attached hydrogens (tertiary/aromatic N) is 2. The number of aromatic nitrogens is 2. The molecule has 19 heavy (non-hydrogen) atoms. The van der Waals surface area contributed by atoms with Crippen LogP contribution in [0.15, 0.2) is 12.3 Å². The van der Waals surface area contributed by atoms with E-state index in [1.54, 1.807) is 0 Å². The number of rotatable bonds is 7. The smallest absolute Gasteiger partial charge is 0.0492 e. The monoisotopic (exact) mass is 263 g/mol. The van der Waals surface area contributed by atoms with E-state index in [9.17, 15) is 0 Å². The van der Waals surface area contributed by atoms with Gasteiger partial charge in [0.25, 0.3) is 0 Å². The molecule has 0 atom stereocenters. The lowest BCUT2D eigenvalue weighted by Crippen LogP contribution is -2.37. The molecule has 1 heterocycles. The molecule has 2 rings (SSSR count). The first-order chi connectivity index (χ1) is 9.26. The zero-order chi connectivity index (χ0) is 13.6. The number of hydrogen-bond donors (Lipinski definition) is 1. The lowest BCUT2D eigenvalue weighted by Gasteiger charge is -2.38. The van der Waals surface area contributed by atoms with Crippen molar-refractivity contribution < 1.29 is 0 Å². The lowest BCUT2D eigenvalue weighted by atomic mass is 9.71. The van der Waals surface area contributed by atoms with Gasteiger partial charge in [0.2, 0.25) is 0 Å². The highest BCUT2D eigenvalue weighted by Crippen LogP contribution is 2.39. The molecule has 0 amide bonds. The Bertz CT molecular complexity index is 364. The van der Waals surface area contributed by atoms with Crippen molar-refractivity contribution in [1.82, 2.24) is 15.1 Å². The van der Waals surface area contributed by atoms with E-state index in [4.69, 9.17) is 0 Å². The number of nitrogens with one attached hydrogen (secondary N) is 1. The molecule has 1 saturated carbocycles. The van der Waals surface area contributed by atoms with Crippen molar-refractivity contribution in [2.45, 2.75) is 58.3 Å². The van der Waals surface area contributed by atoms with Crippen molar-refractivity contribution in [3.05, 3.63) is 18.0 Å². The predicted octanol–water partition coefficient (Wildman–Crippen LogP) is 3.30. The van der Waals surface area contributed by atoms with Crippen molar-refractivity contribution in [3.63, 3.8) is 0 Å². The molecule has 0 aromatic carbocycles. The minimum atomic E-state index is 0.539. The third-order valence-corrected chi connectivity index (χ3v) is 4.67. The van der Waals surface area contributed by atoms with Gasteiger partial charge in [-0.25, -0.2) is 0 Å². The summed E-state index contributed by atoms with van der Waals surface area (Å²) in [5.41, 5.74) is 1.91. The second-order valence-electron chi connectivity index (χ2n) is 6.18. The van der Waals surface area contributed by atoms with Crippen LogP contribution in [-0.2, 0) is 13.5 Å². The van der Waals surface area contributed by atoms with E-state index in [1.165, 1.54) is 63.6 Å². The standard InChI is InChI=1S/C16H29N3/c1-3-12-17-14-16(9-5-4-6-10-16)11-7-15-8-13-18-19(15)2/h8,13,17H,3-7,9-12,14H2,1-2H3. The first-order valence-corrected chi connectivity index (χ1v) is 7.93. The zero-order valence-corrected chi connectivity index (χ0v) is 12.6. The van der Waals surface area contributed by atoms with Crippen LogP contribution in [0.25, 0.3) is 0 Å². The minimum Gasteiger partial charge on any atom is -0.316 e. The second kappa shape index (κ2) is 7.09. The summed E-state index contributed by atoms with van der Waals surface area (Å²) in [4.78, 5) is 0. The molecule has 3 nitrogen and oxygen atoms in total. The minimum absolute atomic E-state index is 0.539. The van der Waals surface area contributed by atoms with Gasteiger partial charge in [0, 0.05) is 25.5 Å². The van der Waals surface area contributed by atoms with Gasteiger partial charge in [-0.05, 0) is 50.1 Å². The maximum Gasteiger partial charge on any atom is 0.0492 e. The predicted molar refractivity (Wildman–Crippen MR) is 80.2 cm³/mol. The van der Waals surface area contributed by atoms with Crippen LogP contribution >= 0.6 is 0 Å². The SMILES string of the molecule is CCCNCC1(CCc2ccnn2C)CCCCC1. The Morgan fingerprint density at radius 2 is 2.11 bits per heavy atom. The Hall–Kier alpha value is -0.830. The first kappa shape index (κ1) is 14.6. The Morgan fingerprint density at radius 3 is 2.74 bits per heavy atom. The fraction of sp³-hybridized carbons (Fsp3) is 0.812. The van der Waals surface area contributed by atoms with Crippen molar-refractivity contribution in [1.29, 1.82) is 0 Å². The van der Waals surface area contributed by atoms with Gasteiger partial charge < -0.3 is 5.32 Å². The number of aryl methyl sites for hydroxylation is 2. The highest BCUT2D eigenvalue weighted by molar-refractivity contribution is 5.01. The highest BCUT2D eigenvalue weighted by atomic mass is 15.2. The van der Waals surface area contributed by atoms with Crippen LogP contribution in [0.3, 0.4) is 0 Å². The third kappa shape index (κ3) is 4.07. The van der Waals surface area contributed by atoms with E-state index in [-0.39, 0.29) is 0 Å². The van der Waals surface area contributed by atoms with Crippen LogP contribution in [0.5, 0.6) is 0 Å². The second-order valence-corrected chi connectivity index (χ2v) is 6.18. The average molecular weight is 263 g/mol. The van der Waals surface area contributed by atoms with Gasteiger partial charge in [-0.3, -0.25) is 4.68 Å². The molecule has 1 aromatic rings. The van der Waals surface area contributed by atoms with Gasteiger partial charge >= 0.3 is 0 Å². The zero-order valence-electron chi connectivity index (χ0n) is 12.6. The average Bonchev–Trinajstić information content (AvgIpc) is 2.84. The van der Waals surface area contributed by atoms with E-state index < -0.39 is 0 Å². The largest absolute Gasteiger partial charge is 0.316 e. The first-order valence-electron chi connectivity index (χ1n) is 7.93. The molecule has 0 bridgehead atoms. The van der Waals surface area contributed by atoms with Gasteiger partial charge in [-0.15, -0.1) is 0 Å². The maximum absolute atomic E-state index is 4.28. The van der Waals surface area contributed by atoms with Crippen LogP contribution in [0.4, 0.5) is 0 Å². The highest BCUT2D eigenvalue weighted by Gasteiger charge is 2.31. The Kier molecular flexibility index (Phi) is 5.44. The van der Waals surface area contributed by atoms with Crippen LogP contribution < -0.4 is 5.32 Å². The van der Waals surface area contributed by atoms with Crippen molar-refractivity contribution in [2.75, 3.05) is 13.1 Å². The molecule has 1 N–H and O–H groups in total. The molecule has 1 fully saturated rings. The summed E-state index contributed by atoms with van der Waals surface area (Å²) < 4.78 is 2.02. The molecule has 0 saturated heterocycles. The van der Waals surface area contributed by atoms with Crippen molar-refractivity contribution >= 4 is 0 Å². The molecule has 0 aliphatic heterocycles. The van der Waals surface area contributed by atoms with Crippen LogP contribution in [0, 0.1) is 5.41 Å². The molecule has 108 valence electrons. The molecular formula is C16H29N3. The summed E-state index contributed by atoms with van der Waals surface area (Å²) in [5.74, 6) is 0. The van der Waals surface area contributed by atoms with Gasteiger partial charge in [0.1, 0.15) is 0 Å². The molecular weight excluding hydrogens is 234 g/mol. The van der Waals surface area contributed by atoms with E-state index in [2.05, 4.69) is 30.5 Å². The Balaban J connectivity index is 1.91. The summed E-state index contributed by atoms with van der Waals surface area (Å²) in [5, 5.41) is 7.95. The Morgan fingerprint density at radius 1 is 1.32 bits per heavy atom. The van der Waals surface area contributed by atoms with Gasteiger partial charge in [-0.2, -0.15) is 5.10 Å². The molecule has 0 spiro atoms. The van der Waals surface area contributed by atoms with E-state index in [0.29, 0.717) is 5.41 Å². The summed E-state index contributed by atoms with van der Waals surface area (Å²) in [7, 11) is 2.05. The van der Waals surface area contributed by atoms with Crippen LogP contribution in [-0.4, -0.2) is 22.9 Å². The van der Waals surface area contributed by atoms with Gasteiger partial charge in [0.15, 0.2) is 0 Å². The Labute approximate surface area is 117 Å². The van der Waals surface area contributed by atoms with Crippen molar-refractivity contribution in [2.24, 2.45) is 12.5 Å². The van der Waals surface area contributed by atoms with Crippen LogP contribution in [0.1, 0.15) is 57.6 Å². The maximum atomic E-state index is 4.28. The van der Waals surface area contributed by atoms with E-state index >= 15 is 0 Å². The molecule has 3 heteroatoms. The normalized spacial score (nSPS) is 18.6. The van der Waals surface area contributed by atoms with Gasteiger partial charge in [-0.1, -0.05) is 26.2 Å². The van der Waals surface area contributed by atoms with Crippen LogP contribution in [0.2, 0.25) is 0 Å². The van der Waals surface area contributed by atoms with E-state index in [1.807, 2.05) is 10.9 Å².